The number of nitrogens with one attached hydrogen (secondary N) is 1. The second-order valence-corrected chi connectivity index (χ2v) is 7.94. The predicted molar refractivity (Wildman–Crippen MR) is 88.7 cm³/mol. The van der Waals surface area contributed by atoms with Crippen molar-refractivity contribution in [3.05, 3.63) is 11.7 Å². The summed E-state index contributed by atoms with van der Waals surface area (Å²) in [5.41, 5.74) is 5.76. The zero-order valence-corrected chi connectivity index (χ0v) is 14.8. The highest BCUT2D eigenvalue weighted by atomic mass is 16.5. The number of carbonyl (C=O) groups is 1. The van der Waals surface area contributed by atoms with Crippen LogP contribution in [-0.4, -0.2) is 22.6 Å². The van der Waals surface area contributed by atoms with E-state index in [4.69, 9.17) is 10.3 Å². The van der Waals surface area contributed by atoms with Crippen LogP contribution < -0.4 is 11.1 Å². The lowest BCUT2D eigenvalue weighted by Crippen LogP contribution is -2.39. The van der Waals surface area contributed by atoms with Gasteiger partial charge in [-0.2, -0.15) is 4.98 Å². The van der Waals surface area contributed by atoms with E-state index in [1.54, 1.807) is 0 Å². The molecule has 1 amide bonds. The molecule has 2 rings (SSSR count). The third kappa shape index (κ3) is 4.53. The monoisotopic (exact) mass is 322 g/mol. The summed E-state index contributed by atoms with van der Waals surface area (Å²) in [5, 5.41) is 6.98. The molecule has 1 aliphatic rings. The summed E-state index contributed by atoms with van der Waals surface area (Å²) in [6, 6.07) is -0.287. The fourth-order valence-electron chi connectivity index (χ4n) is 3.17. The minimum Gasteiger partial charge on any atom is -0.345 e. The summed E-state index contributed by atoms with van der Waals surface area (Å²) in [6.45, 7) is 8.52. The molecule has 0 bridgehead atoms. The normalized spacial score (nSPS) is 19.3. The number of nitrogens with zero attached hydrogens (tertiary/aromatic N) is 2. The lowest BCUT2D eigenvalue weighted by Gasteiger charge is -2.35. The molecule has 6 nitrogen and oxygen atoms in total. The van der Waals surface area contributed by atoms with Crippen molar-refractivity contribution in [3.63, 3.8) is 0 Å². The molecule has 1 aliphatic carbocycles. The fourth-order valence-corrected chi connectivity index (χ4v) is 3.17. The van der Waals surface area contributed by atoms with Gasteiger partial charge in [0.2, 0.25) is 11.8 Å². The second-order valence-electron chi connectivity index (χ2n) is 7.94. The first-order valence-electron chi connectivity index (χ1n) is 8.59. The van der Waals surface area contributed by atoms with Gasteiger partial charge in [0.1, 0.15) is 6.04 Å². The first-order valence-corrected chi connectivity index (χ1v) is 8.59. The van der Waals surface area contributed by atoms with Crippen LogP contribution in [0.15, 0.2) is 4.52 Å². The van der Waals surface area contributed by atoms with E-state index in [1.807, 2.05) is 27.7 Å². The first-order chi connectivity index (χ1) is 10.8. The minimum atomic E-state index is -0.287. The Morgan fingerprint density at radius 1 is 1.35 bits per heavy atom. The van der Waals surface area contributed by atoms with Gasteiger partial charge in [-0.1, -0.05) is 45.2 Å². The zero-order chi connectivity index (χ0) is 17.1. The summed E-state index contributed by atoms with van der Waals surface area (Å²) in [6.07, 6.45) is 6.14. The molecule has 130 valence electrons. The van der Waals surface area contributed by atoms with Gasteiger partial charge in [-0.15, -0.1) is 0 Å². The highest BCUT2D eigenvalue weighted by Gasteiger charge is 2.33. The van der Waals surface area contributed by atoms with Gasteiger partial charge in [0.05, 0.1) is 0 Å². The molecule has 1 fully saturated rings. The Morgan fingerprint density at radius 3 is 2.52 bits per heavy atom. The van der Waals surface area contributed by atoms with Crippen molar-refractivity contribution in [1.29, 1.82) is 0 Å². The number of carbonyl (C=O) groups excluding carboxylic acids is 1. The molecule has 6 heteroatoms. The number of hydrogen-bond acceptors (Lipinski definition) is 5. The first kappa shape index (κ1) is 17.9. The van der Waals surface area contributed by atoms with E-state index in [0.717, 1.165) is 12.8 Å². The maximum atomic E-state index is 12.4. The number of nitrogens with two attached hydrogens (primary N) is 1. The molecule has 0 saturated heterocycles. The van der Waals surface area contributed by atoms with Crippen LogP contribution in [-0.2, 0) is 10.2 Å². The maximum Gasteiger partial charge on any atom is 0.248 e. The van der Waals surface area contributed by atoms with Crippen molar-refractivity contribution in [2.45, 2.75) is 77.7 Å². The molecule has 0 aliphatic heterocycles. The minimum absolute atomic E-state index is 0.0142. The van der Waals surface area contributed by atoms with Crippen LogP contribution in [0.25, 0.3) is 0 Å². The van der Waals surface area contributed by atoms with Crippen LogP contribution in [0.5, 0.6) is 0 Å². The third-order valence-corrected chi connectivity index (χ3v) is 4.74. The molecule has 1 atom stereocenters. The van der Waals surface area contributed by atoms with Crippen molar-refractivity contribution in [2.75, 3.05) is 6.54 Å². The van der Waals surface area contributed by atoms with Crippen LogP contribution in [0, 0.1) is 5.41 Å². The average Bonchev–Trinajstić information content (AvgIpc) is 2.98. The van der Waals surface area contributed by atoms with Crippen molar-refractivity contribution in [2.24, 2.45) is 11.1 Å². The van der Waals surface area contributed by atoms with E-state index >= 15 is 0 Å². The lowest BCUT2D eigenvalue weighted by molar-refractivity contribution is -0.124. The Morgan fingerprint density at radius 2 is 2.00 bits per heavy atom. The SMILES string of the molecule is CC(NC(=O)CC1(CN)CCCCC1)c1nc(C(C)(C)C)no1. The van der Waals surface area contributed by atoms with E-state index in [1.165, 1.54) is 19.3 Å². The van der Waals surface area contributed by atoms with Crippen molar-refractivity contribution in [3.8, 4) is 0 Å². The highest BCUT2D eigenvalue weighted by molar-refractivity contribution is 5.77. The Hall–Kier alpha value is -1.43. The molecule has 1 unspecified atom stereocenters. The molecule has 0 radical (unpaired) electrons. The van der Waals surface area contributed by atoms with Gasteiger partial charge in [-0.05, 0) is 31.7 Å². The Kier molecular flexibility index (Phi) is 5.45. The Labute approximate surface area is 138 Å². The maximum absolute atomic E-state index is 12.4. The molecular weight excluding hydrogens is 292 g/mol. The largest absolute Gasteiger partial charge is 0.345 e. The number of hydrogen-bond donors (Lipinski definition) is 2. The van der Waals surface area contributed by atoms with Crippen LogP contribution >= 0.6 is 0 Å². The number of rotatable bonds is 5. The van der Waals surface area contributed by atoms with E-state index in [0.29, 0.717) is 24.7 Å². The standard InChI is InChI=1S/C17H30N4O2/c1-12(14-20-15(21-23-14)16(2,3)4)19-13(22)10-17(11-18)8-6-5-7-9-17/h12H,5-11,18H2,1-4H3,(H,19,22). The molecular formula is C17H30N4O2. The van der Waals surface area contributed by atoms with Crippen molar-refractivity contribution in [1.82, 2.24) is 15.5 Å². The number of amides is 1. The Balaban J connectivity index is 1.95. The molecule has 1 heterocycles. The molecule has 1 aromatic heterocycles. The molecule has 0 aromatic carbocycles. The van der Waals surface area contributed by atoms with Crippen LogP contribution in [0.2, 0.25) is 0 Å². The summed E-state index contributed by atoms with van der Waals surface area (Å²) >= 11 is 0. The van der Waals surface area contributed by atoms with Gasteiger partial charge < -0.3 is 15.6 Å². The van der Waals surface area contributed by atoms with Crippen molar-refractivity contribution >= 4 is 5.91 Å². The topological polar surface area (TPSA) is 94.0 Å². The van der Waals surface area contributed by atoms with Gasteiger partial charge in [-0.3, -0.25) is 4.79 Å². The smallest absolute Gasteiger partial charge is 0.248 e. The molecule has 0 spiro atoms. The second kappa shape index (κ2) is 6.99. The summed E-state index contributed by atoms with van der Waals surface area (Å²) < 4.78 is 5.29. The van der Waals surface area contributed by atoms with E-state index in [9.17, 15) is 4.79 Å². The van der Waals surface area contributed by atoms with Crippen molar-refractivity contribution < 1.29 is 9.32 Å². The van der Waals surface area contributed by atoms with Crippen LogP contribution in [0.4, 0.5) is 0 Å². The van der Waals surface area contributed by atoms with Gasteiger partial charge >= 0.3 is 0 Å². The lowest BCUT2D eigenvalue weighted by atomic mass is 9.71. The summed E-state index contributed by atoms with van der Waals surface area (Å²) in [4.78, 5) is 16.8. The van der Waals surface area contributed by atoms with Crippen LogP contribution in [0.1, 0.15) is 84.0 Å². The van der Waals surface area contributed by atoms with Gasteiger partial charge in [0, 0.05) is 11.8 Å². The predicted octanol–water partition coefficient (Wildman–Crippen LogP) is 2.84. The molecule has 1 aromatic rings. The van der Waals surface area contributed by atoms with Gasteiger partial charge in [0.15, 0.2) is 5.82 Å². The van der Waals surface area contributed by atoms with Crippen LogP contribution in [0.3, 0.4) is 0 Å². The van der Waals surface area contributed by atoms with E-state index < -0.39 is 0 Å². The Bertz CT molecular complexity index is 527. The highest BCUT2D eigenvalue weighted by Crippen LogP contribution is 2.38. The van der Waals surface area contributed by atoms with Gasteiger partial charge in [0.25, 0.3) is 0 Å². The van der Waals surface area contributed by atoms with Gasteiger partial charge in [-0.25, -0.2) is 0 Å². The quantitative estimate of drug-likeness (QED) is 0.869. The fraction of sp³-hybridized carbons (Fsp3) is 0.824. The number of aromatic nitrogens is 2. The molecule has 3 N–H and O–H groups in total. The average molecular weight is 322 g/mol. The summed E-state index contributed by atoms with van der Waals surface area (Å²) in [5.74, 6) is 1.12. The van der Waals surface area contributed by atoms with E-state index in [2.05, 4.69) is 15.5 Å². The zero-order valence-electron chi connectivity index (χ0n) is 14.8. The molecule has 23 heavy (non-hydrogen) atoms. The third-order valence-electron chi connectivity index (χ3n) is 4.74. The molecule has 1 saturated carbocycles. The van der Waals surface area contributed by atoms with E-state index in [-0.39, 0.29) is 22.8 Å². The summed E-state index contributed by atoms with van der Waals surface area (Å²) in [7, 11) is 0.